The van der Waals surface area contributed by atoms with Gasteiger partial charge in [-0.05, 0) is 50.5 Å². The molecule has 1 N–H and O–H groups in total. The molecular weight excluding hydrogens is 278 g/mol. The van der Waals surface area contributed by atoms with Crippen LogP contribution in [0.5, 0.6) is 0 Å². The van der Waals surface area contributed by atoms with Gasteiger partial charge in [0.1, 0.15) is 0 Å². The summed E-state index contributed by atoms with van der Waals surface area (Å²) in [6.45, 7) is 7.57. The number of nitrogens with one attached hydrogen (secondary N) is 1. The van der Waals surface area contributed by atoms with Crippen LogP contribution in [0.3, 0.4) is 0 Å². The summed E-state index contributed by atoms with van der Waals surface area (Å²) in [4.78, 5) is 0. The average molecular weight is 302 g/mol. The summed E-state index contributed by atoms with van der Waals surface area (Å²) >= 11 is 6.01. The molecule has 0 saturated heterocycles. The quantitative estimate of drug-likeness (QED) is 0.814. The molecule has 2 aromatic carbocycles. The minimum atomic E-state index is 0.126. The smallest absolute Gasteiger partial charge is 0.0406 e. The molecule has 0 fully saturated rings. The second-order valence-corrected chi connectivity index (χ2v) is 7.01. The zero-order valence-corrected chi connectivity index (χ0v) is 13.8. The van der Waals surface area contributed by atoms with Crippen molar-refractivity contribution in [3.8, 4) is 0 Å². The Bertz CT molecular complexity index is 540. The van der Waals surface area contributed by atoms with Gasteiger partial charge < -0.3 is 5.32 Å². The third-order valence-corrected chi connectivity index (χ3v) is 3.80. The Morgan fingerprint density at radius 1 is 0.952 bits per heavy atom. The molecular formula is C19H24ClN. The van der Waals surface area contributed by atoms with Gasteiger partial charge in [0.2, 0.25) is 0 Å². The lowest BCUT2D eigenvalue weighted by Gasteiger charge is -2.26. The molecule has 1 nitrogen and oxygen atoms in total. The summed E-state index contributed by atoms with van der Waals surface area (Å²) in [6.07, 6.45) is 1.03. The molecule has 0 aromatic heterocycles. The van der Waals surface area contributed by atoms with E-state index in [1.54, 1.807) is 0 Å². The van der Waals surface area contributed by atoms with E-state index < -0.39 is 0 Å². The van der Waals surface area contributed by atoms with Gasteiger partial charge in [-0.1, -0.05) is 54.1 Å². The third-order valence-electron chi connectivity index (χ3n) is 3.55. The third kappa shape index (κ3) is 5.53. The van der Waals surface area contributed by atoms with E-state index in [9.17, 15) is 0 Å². The van der Waals surface area contributed by atoms with Crippen LogP contribution in [0.25, 0.3) is 0 Å². The molecule has 0 aliphatic heterocycles. The molecule has 0 aliphatic rings. The van der Waals surface area contributed by atoms with Crippen LogP contribution in [0.1, 0.15) is 37.8 Å². The molecule has 1 atom stereocenters. The maximum Gasteiger partial charge on any atom is 0.0406 e. The summed E-state index contributed by atoms with van der Waals surface area (Å²) in [5.74, 6) is 0.448. The van der Waals surface area contributed by atoms with E-state index in [1.165, 1.54) is 11.1 Å². The highest BCUT2D eigenvalue weighted by Crippen LogP contribution is 2.23. The van der Waals surface area contributed by atoms with Crippen LogP contribution in [-0.2, 0) is 6.42 Å². The summed E-state index contributed by atoms with van der Waals surface area (Å²) < 4.78 is 0. The van der Waals surface area contributed by atoms with Crippen molar-refractivity contribution in [1.82, 2.24) is 5.32 Å². The number of halogens is 1. The molecule has 2 aromatic rings. The predicted octanol–water partition coefficient (Wildman–Crippen LogP) is 5.05. The zero-order valence-electron chi connectivity index (χ0n) is 13.1. The highest BCUT2D eigenvalue weighted by atomic mass is 35.5. The van der Waals surface area contributed by atoms with Crippen LogP contribution < -0.4 is 5.32 Å². The van der Waals surface area contributed by atoms with Crippen molar-refractivity contribution < 1.29 is 0 Å². The van der Waals surface area contributed by atoms with Crippen molar-refractivity contribution in [3.63, 3.8) is 0 Å². The first kappa shape index (κ1) is 16.1. The van der Waals surface area contributed by atoms with Crippen LogP contribution in [-0.4, -0.2) is 12.1 Å². The number of hydrogen-bond donors (Lipinski definition) is 1. The molecule has 0 heterocycles. The predicted molar refractivity (Wildman–Crippen MR) is 92.1 cm³/mol. The van der Waals surface area contributed by atoms with Gasteiger partial charge in [-0.2, -0.15) is 0 Å². The summed E-state index contributed by atoms with van der Waals surface area (Å²) in [5.41, 5.74) is 2.83. The minimum absolute atomic E-state index is 0.126. The first-order valence-corrected chi connectivity index (χ1v) is 7.86. The monoisotopic (exact) mass is 301 g/mol. The van der Waals surface area contributed by atoms with Crippen molar-refractivity contribution in [3.05, 3.63) is 70.7 Å². The van der Waals surface area contributed by atoms with Gasteiger partial charge in [0.05, 0.1) is 0 Å². The second-order valence-electron chi connectivity index (χ2n) is 6.57. The zero-order chi connectivity index (χ0) is 15.3. The Balaban J connectivity index is 2.15. The molecule has 1 unspecified atom stereocenters. The number of rotatable bonds is 5. The first-order chi connectivity index (χ1) is 9.94. The van der Waals surface area contributed by atoms with Crippen LogP contribution in [0, 0.1) is 0 Å². The molecule has 0 amide bonds. The summed E-state index contributed by atoms with van der Waals surface area (Å²) in [6, 6.07) is 18.9. The summed E-state index contributed by atoms with van der Waals surface area (Å²) in [5, 5.41) is 4.41. The second kappa shape index (κ2) is 7.11. The first-order valence-electron chi connectivity index (χ1n) is 7.48. The van der Waals surface area contributed by atoms with Gasteiger partial charge in [-0.15, -0.1) is 0 Å². The highest BCUT2D eigenvalue weighted by molar-refractivity contribution is 6.30. The molecule has 0 radical (unpaired) electrons. The maximum atomic E-state index is 6.01. The Labute approximate surface area is 133 Å². The van der Waals surface area contributed by atoms with Gasteiger partial charge in [0.15, 0.2) is 0 Å². The fourth-order valence-corrected chi connectivity index (χ4v) is 2.50. The Morgan fingerprint density at radius 2 is 1.57 bits per heavy atom. The van der Waals surface area contributed by atoms with E-state index in [0.717, 1.165) is 18.0 Å². The van der Waals surface area contributed by atoms with Crippen molar-refractivity contribution in [2.45, 2.75) is 38.6 Å². The van der Waals surface area contributed by atoms with E-state index in [0.29, 0.717) is 5.92 Å². The van der Waals surface area contributed by atoms with Crippen LogP contribution in [0.15, 0.2) is 54.6 Å². The molecule has 21 heavy (non-hydrogen) atoms. The van der Waals surface area contributed by atoms with Crippen molar-refractivity contribution in [2.75, 3.05) is 6.54 Å². The Morgan fingerprint density at radius 3 is 2.14 bits per heavy atom. The number of hydrogen-bond acceptors (Lipinski definition) is 1. The van der Waals surface area contributed by atoms with E-state index in [1.807, 2.05) is 12.1 Å². The molecule has 0 spiro atoms. The van der Waals surface area contributed by atoms with Gasteiger partial charge >= 0.3 is 0 Å². The molecule has 0 bridgehead atoms. The lowest BCUT2D eigenvalue weighted by molar-refractivity contribution is 0.405. The van der Waals surface area contributed by atoms with Gasteiger partial charge in [0, 0.05) is 23.0 Å². The standard InChI is InChI=1S/C19H24ClN/c1-19(2,3)21-14-17(13-15-7-5-4-6-8-15)16-9-11-18(20)12-10-16/h4-12,17,21H,13-14H2,1-3H3. The van der Waals surface area contributed by atoms with Crippen molar-refractivity contribution in [1.29, 1.82) is 0 Å². The lowest BCUT2D eigenvalue weighted by Crippen LogP contribution is -2.39. The molecule has 112 valence electrons. The van der Waals surface area contributed by atoms with Crippen LogP contribution in [0.2, 0.25) is 5.02 Å². The number of benzene rings is 2. The molecule has 0 saturated carbocycles. The normalized spacial score (nSPS) is 13.1. The van der Waals surface area contributed by atoms with Crippen LogP contribution in [0.4, 0.5) is 0 Å². The highest BCUT2D eigenvalue weighted by Gasteiger charge is 2.16. The van der Waals surface area contributed by atoms with Crippen LogP contribution >= 0.6 is 11.6 Å². The SMILES string of the molecule is CC(C)(C)NCC(Cc1ccccc1)c1ccc(Cl)cc1. The van der Waals surface area contributed by atoms with E-state index in [2.05, 4.69) is 68.6 Å². The van der Waals surface area contributed by atoms with E-state index in [-0.39, 0.29) is 5.54 Å². The Kier molecular flexibility index (Phi) is 5.44. The molecule has 2 rings (SSSR count). The average Bonchev–Trinajstić information content (AvgIpc) is 2.45. The van der Waals surface area contributed by atoms with E-state index in [4.69, 9.17) is 11.6 Å². The van der Waals surface area contributed by atoms with Gasteiger partial charge in [0.25, 0.3) is 0 Å². The van der Waals surface area contributed by atoms with E-state index >= 15 is 0 Å². The fraction of sp³-hybridized carbons (Fsp3) is 0.368. The minimum Gasteiger partial charge on any atom is -0.311 e. The maximum absolute atomic E-state index is 6.01. The van der Waals surface area contributed by atoms with Gasteiger partial charge in [-0.25, -0.2) is 0 Å². The Hall–Kier alpha value is -1.31. The summed E-state index contributed by atoms with van der Waals surface area (Å²) in [7, 11) is 0. The topological polar surface area (TPSA) is 12.0 Å². The van der Waals surface area contributed by atoms with Gasteiger partial charge in [-0.3, -0.25) is 0 Å². The molecule has 2 heteroatoms. The fourth-order valence-electron chi connectivity index (χ4n) is 2.37. The lowest BCUT2D eigenvalue weighted by atomic mass is 9.91. The van der Waals surface area contributed by atoms with Crippen molar-refractivity contribution in [2.24, 2.45) is 0 Å². The largest absolute Gasteiger partial charge is 0.311 e. The van der Waals surface area contributed by atoms with Crippen molar-refractivity contribution >= 4 is 11.6 Å². The molecule has 0 aliphatic carbocycles.